The van der Waals surface area contributed by atoms with Crippen molar-refractivity contribution in [1.82, 2.24) is 4.98 Å². The van der Waals surface area contributed by atoms with Crippen molar-refractivity contribution in [2.75, 3.05) is 0 Å². The SMILES string of the molecule is CC(C)c1ccncc1C(F)F. The molecule has 3 heteroatoms. The van der Waals surface area contributed by atoms with E-state index in [2.05, 4.69) is 4.98 Å². The van der Waals surface area contributed by atoms with Crippen LogP contribution >= 0.6 is 0 Å². The first-order valence-electron chi connectivity index (χ1n) is 3.85. The van der Waals surface area contributed by atoms with Crippen LogP contribution < -0.4 is 0 Å². The molecule has 66 valence electrons. The van der Waals surface area contributed by atoms with Gasteiger partial charge < -0.3 is 0 Å². The highest BCUT2D eigenvalue weighted by Gasteiger charge is 2.14. The van der Waals surface area contributed by atoms with E-state index in [4.69, 9.17) is 0 Å². The van der Waals surface area contributed by atoms with Crippen LogP contribution in [0, 0.1) is 0 Å². The summed E-state index contributed by atoms with van der Waals surface area (Å²) in [6.07, 6.45) is 0.359. The Labute approximate surface area is 70.4 Å². The minimum atomic E-state index is -2.42. The Bertz CT molecular complexity index is 231. The number of halogens is 2. The standard InChI is InChI=1S/C9H11F2N/c1-6(2)7-3-4-12-5-8(7)9(10)11/h3-6,9H,1-2H3. The number of hydrogen-bond acceptors (Lipinski definition) is 1. The number of rotatable bonds is 2. The highest BCUT2D eigenvalue weighted by atomic mass is 19.3. The van der Waals surface area contributed by atoms with E-state index in [9.17, 15) is 8.78 Å². The summed E-state index contributed by atoms with van der Waals surface area (Å²) in [5.74, 6) is 0.122. The molecule has 1 aromatic rings. The molecule has 1 rings (SSSR count). The summed E-state index contributed by atoms with van der Waals surface area (Å²) in [4.78, 5) is 3.67. The topological polar surface area (TPSA) is 12.9 Å². The molecule has 1 aromatic heterocycles. The first-order valence-corrected chi connectivity index (χ1v) is 3.85. The molecule has 1 nitrogen and oxygen atoms in total. The average molecular weight is 171 g/mol. The summed E-state index contributed by atoms with van der Waals surface area (Å²) in [5, 5.41) is 0. The van der Waals surface area contributed by atoms with Gasteiger partial charge in [0.1, 0.15) is 0 Å². The van der Waals surface area contributed by atoms with Crippen LogP contribution in [-0.4, -0.2) is 4.98 Å². The molecule has 0 radical (unpaired) electrons. The minimum Gasteiger partial charge on any atom is -0.264 e. The molecule has 0 aliphatic carbocycles. The lowest BCUT2D eigenvalue weighted by molar-refractivity contribution is 0.149. The monoisotopic (exact) mass is 171 g/mol. The van der Waals surface area contributed by atoms with E-state index in [-0.39, 0.29) is 11.5 Å². The molecule has 0 fully saturated rings. The zero-order chi connectivity index (χ0) is 9.14. The van der Waals surface area contributed by atoms with E-state index in [1.54, 1.807) is 12.3 Å². The Hall–Kier alpha value is -0.990. The third-order valence-electron chi connectivity index (χ3n) is 1.74. The lowest BCUT2D eigenvalue weighted by atomic mass is 10.00. The maximum Gasteiger partial charge on any atom is 0.265 e. The van der Waals surface area contributed by atoms with E-state index < -0.39 is 6.43 Å². The Balaban J connectivity index is 3.09. The largest absolute Gasteiger partial charge is 0.265 e. The molecule has 0 aliphatic heterocycles. The molecular formula is C9H11F2N. The highest BCUT2D eigenvalue weighted by Crippen LogP contribution is 2.26. The molecule has 0 bridgehead atoms. The van der Waals surface area contributed by atoms with Gasteiger partial charge in [0.15, 0.2) is 0 Å². The fourth-order valence-electron chi connectivity index (χ4n) is 1.13. The van der Waals surface area contributed by atoms with Gasteiger partial charge in [-0.1, -0.05) is 13.8 Å². The van der Waals surface area contributed by atoms with Crippen molar-refractivity contribution in [2.45, 2.75) is 26.2 Å². The molecule has 1 heterocycles. The second-order valence-electron chi connectivity index (χ2n) is 2.96. The molecule has 12 heavy (non-hydrogen) atoms. The van der Waals surface area contributed by atoms with Crippen molar-refractivity contribution in [2.24, 2.45) is 0 Å². The molecule has 0 aliphatic rings. The molecular weight excluding hydrogens is 160 g/mol. The second kappa shape index (κ2) is 3.61. The van der Waals surface area contributed by atoms with Crippen molar-refractivity contribution in [3.63, 3.8) is 0 Å². The molecule has 0 atom stereocenters. The van der Waals surface area contributed by atoms with Crippen molar-refractivity contribution in [1.29, 1.82) is 0 Å². The maximum atomic E-state index is 12.3. The Morgan fingerprint density at radius 2 is 1.92 bits per heavy atom. The van der Waals surface area contributed by atoms with Crippen LogP contribution in [-0.2, 0) is 0 Å². The van der Waals surface area contributed by atoms with Crippen LogP contribution in [0.5, 0.6) is 0 Å². The van der Waals surface area contributed by atoms with Gasteiger partial charge in [-0.05, 0) is 17.5 Å². The van der Waals surface area contributed by atoms with E-state index in [0.29, 0.717) is 5.56 Å². The van der Waals surface area contributed by atoms with Crippen molar-refractivity contribution >= 4 is 0 Å². The van der Waals surface area contributed by atoms with Crippen molar-refractivity contribution in [3.8, 4) is 0 Å². The fraction of sp³-hybridized carbons (Fsp3) is 0.444. The summed E-state index contributed by atoms with van der Waals surface area (Å²) < 4.78 is 24.7. The number of alkyl halides is 2. The van der Waals surface area contributed by atoms with Crippen LogP contribution in [0.3, 0.4) is 0 Å². The van der Waals surface area contributed by atoms with Gasteiger partial charge in [0.2, 0.25) is 0 Å². The van der Waals surface area contributed by atoms with Crippen LogP contribution in [0.15, 0.2) is 18.5 Å². The summed E-state index contributed by atoms with van der Waals surface area (Å²) in [6, 6.07) is 1.64. The summed E-state index contributed by atoms with van der Waals surface area (Å²) in [6.45, 7) is 3.78. The zero-order valence-electron chi connectivity index (χ0n) is 7.09. The zero-order valence-corrected chi connectivity index (χ0v) is 7.09. The molecule has 0 amide bonds. The van der Waals surface area contributed by atoms with Crippen LogP contribution in [0.1, 0.15) is 37.3 Å². The first kappa shape index (κ1) is 9.10. The molecule has 0 aromatic carbocycles. The van der Waals surface area contributed by atoms with Gasteiger partial charge in [-0.2, -0.15) is 0 Å². The lowest BCUT2D eigenvalue weighted by Gasteiger charge is -2.10. The summed E-state index contributed by atoms with van der Waals surface area (Å²) in [7, 11) is 0. The smallest absolute Gasteiger partial charge is 0.264 e. The Kier molecular flexibility index (Phi) is 2.74. The number of nitrogens with zero attached hydrogens (tertiary/aromatic N) is 1. The van der Waals surface area contributed by atoms with Crippen molar-refractivity contribution in [3.05, 3.63) is 29.6 Å². The van der Waals surface area contributed by atoms with E-state index in [0.717, 1.165) is 0 Å². The van der Waals surface area contributed by atoms with Gasteiger partial charge in [-0.25, -0.2) is 8.78 Å². The fourth-order valence-corrected chi connectivity index (χ4v) is 1.13. The van der Waals surface area contributed by atoms with Gasteiger partial charge in [0, 0.05) is 18.0 Å². The second-order valence-corrected chi connectivity index (χ2v) is 2.96. The highest BCUT2D eigenvalue weighted by molar-refractivity contribution is 5.27. The summed E-state index contributed by atoms with van der Waals surface area (Å²) in [5.41, 5.74) is 0.729. The Morgan fingerprint density at radius 3 is 2.33 bits per heavy atom. The third-order valence-corrected chi connectivity index (χ3v) is 1.74. The number of aromatic nitrogens is 1. The molecule has 0 saturated heterocycles. The van der Waals surface area contributed by atoms with Crippen LogP contribution in [0.2, 0.25) is 0 Å². The molecule has 0 saturated carbocycles. The van der Waals surface area contributed by atoms with E-state index in [1.165, 1.54) is 6.20 Å². The van der Waals surface area contributed by atoms with E-state index in [1.807, 2.05) is 13.8 Å². The van der Waals surface area contributed by atoms with Gasteiger partial charge >= 0.3 is 0 Å². The molecule has 0 unspecified atom stereocenters. The van der Waals surface area contributed by atoms with Gasteiger partial charge in [-0.15, -0.1) is 0 Å². The minimum absolute atomic E-state index is 0.0486. The average Bonchev–Trinajstić information content (AvgIpc) is 2.04. The van der Waals surface area contributed by atoms with Crippen LogP contribution in [0.4, 0.5) is 8.78 Å². The molecule has 0 spiro atoms. The third kappa shape index (κ3) is 1.78. The van der Waals surface area contributed by atoms with Crippen LogP contribution in [0.25, 0.3) is 0 Å². The summed E-state index contributed by atoms with van der Waals surface area (Å²) >= 11 is 0. The van der Waals surface area contributed by atoms with Gasteiger partial charge in [0.05, 0.1) is 0 Å². The number of hydrogen-bond donors (Lipinski definition) is 0. The maximum absolute atomic E-state index is 12.3. The molecule has 0 N–H and O–H groups in total. The Morgan fingerprint density at radius 1 is 1.25 bits per heavy atom. The number of pyridine rings is 1. The predicted molar refractivity (Wildman–Crippen MR) is 43.3 cm³/mol. The van der Waals surface area contributed by atoms with Crippen molar-refractivity contribution < 1.29 is 8.78 Å². The normalized spacial score (nSPS) is 11.2. The van der Waals surface area contributed by atoms with E-state index >= 15 is 0 Å². The lowest BCUT2D eigenvalue weighted by Crippen LogP contribution is -1.97. The predicted octanol–water partition coefficient (Wildman–Crippen LogP) is 3.14. The quantitative estimate of drug-likeness (QED) is 0.666. The first-order chi connectivity index (χ1) is 5.63. The van der Waals surface area contributed by atoms with Gasteiger partial charge in [0.25, 0.3) is 6.43 Å². The van der Waals surface area contributed by atoms with Gasteiger partial charge in [-0.3, -0.25) is 4.98 Å².